The Kier molecular flexibility index (Phi) is 7.49. The summed E-state index contributed by atoms with van der Waals surface area (Å²) in [6.07, 6.45) is 2.31. The molecule has 0 aromatic heterocycles. The van der Waals surface area contributed by atoms with Gasteiger partial charge in [-0.25, -0.2) is 0 Å². The summed E-state index contributed by atoms with van der Waals surface area (Å²) in [5.41, 5.74) is 0.717. The molecule has 0 aromatic carbocycles. The van der Waals surface area contributed by atoms with E-state index in [-0.39, 0.29) is 0 Å². The number of carbonyl (C=O) groups is 1. The van der Waals surface area contributed by atoms with Gasteiger partial charge in [-0.05, 0) is 19.6 Å². The molecular weight excluding hydrogens is 196 g/mol. The molecule has 15 heavy (non-hydrogen) atoms. The highest BCUT2D eigenvalue weighted by atomic mass is 16.3. The fraction of sp³-hybridized carbons (Fsp3) is 0.600. The van der Waals surface area contributed by atoms with E-state index >= 15 is 0 Å². The van der Waals surface area contributed by atoms with Crippen molar-refractivity contribution < 1.29 is 15.0 Å². The number of nitrogens with zero attached hydrogens (tertiary/aromatic N) is 1. The second-order valence-corrected chi connectivity index (χ2v) is 3.17. The molecule has 0 amide bonds. The first kappa shape index (κ1) is 13.8. The number of hydrogen-bond donors (Lipinski definition) is 3. The lowest BCUT2D eigenvalue weighted by Crippen LogP contribution is -2.25. The number of rotatable bonds is 8. The fourth-order valence-electron chi connectivity index (χ4n) is 1.16. The molecule has 0 rings (SSSR count). The first-order valence-electron chi connectivity index (χ1n) is 4.76. The van der Waals surface area contributed by atoms with Crippen molar-refractivity contribution in [2.24, 2.45) is 10.9 Å². The molecule has 0 saturated heterocycles. The average molecular weight is 214 g/mol. The smallest absolute Gasteiger partial charge is 0.125 e. The molecule has 0 aromatic rings. The first-order valence-corrected chi connectivity index (χ1v) is 4.76. The summed E-state index contributed by atoms with van der Waals surface area (Å²) in [6.45, 7) is 2.98. The molecule has 0 spiro atoms. The Morgan fingerprint density at radius 2 is 2.33 bits per heavy atom. The van der Waals surface area contributed by atoms with Gasteiger partial charge in [0.1, 0.15) is 6.29 Å². The summed E-state index contributed by atoms with van der Waals surface area (Å²) in [5, 5.41) is 20.8. The Morgan fingerprint density at radius 1 is 1.67 bits per heavy atom. The number of nitrogens with one attached hydrogen (secondary N) is 1. The van der Waals surface area contributed by atoms with Crippen molar-refractivity contribution in [1.82, 2.24) is 5.32 Å². The Balaban J connectivity index is 4.15. The van der Waals surface area contributed by atoms with E-state index in [2.05, 4.69) is 17.0 Å². The van der Waals surface area contributed by atoms with E-state index < -0.39 is 18.6 Å². The molecule has 86 valence electrons. The van der Waals surface area contributed by atoms with Gasteiger partial charge in [-0.3, -0.25) is 4.99 Å². The van der Waals surface area contributed by atoms with Crippen LogP contribution in [0.4, 0.5) is 0 Å². The maximum Gasteiger partial charge on any atom is 0.125 e. The van der Waals surface area contributed by atoms with Crippen molar-refractivity contribution in [2.45, 2.75) is 18.9 Å². The molecule has 0 saturated carbocycles. The minimum absolute atomic E-state index is 0.407. The van der Waals surface area contributed by atoms with Gasteiger partial charge >= 0.3 is 0 Å². The van der Waals surface area contributed by atoms with E-state index in [0.717, 1.165) is 5.70 Å². The number of aliphatic hydroxyl groups is 2. The lowest BCUT2D eigenvalue weighted by atomic mass is 9.98. The van der Waals surface area contributed by atoms with Crippen LogP contribution in [0.2, 0.25) is 0 Å². The van der Waals surface area contributed by atoms with Gasteiger partial charge < -0.3 is 20.3 Å². The molecule has 0 radical (unpaired) electrons. The van der Waals surface area contributed by atoms with Gasteiger partial charge in [-0.2, -0.15) is 0 Å². The standard InChI is InChI=1S/C10H18N2O3/c1-11-5-9(12-2)4-3-8(6-13)10(15)7-14/h5-6,8,10-11,14-15H,2-4,7H2,1H3/b9-5-. The van der Waals surface area contributed by atoms with Gasteiger partial charge in [0.05, 0.1) is 18.4 Å². The minimum atomic E-state index is -0.997. The first-order chi connectivity index (χ1) is 7.19. The van der Waals surface area contributed by atoms with E-state index in [4.69, 9.17) is 5.11 Å². The van der Waals surface area contributed by atoms with Crippen molar-refractivity contribution in [1.29, 1.82) is 0 Å². The molecule has 0 aliphatic carbocycles. The van der Waals surface area contributed by atoms with E-state index in [1.54, 1.807) is 13.2 Å². The highest BCUT2D eigenvalue weighted by Crippen LogP contribution is 2.14. The number of aldehydes is 1. The van der Waals surface area contributed by atoms with Crippen LogP contribution in [0.15, 0.2) is 16.9 Å². The zero-order valence-electron chi connectivity index (χ0n) is 8.89. The number of carbonyl (C=O) groups excluding carboxylic acids is 1. The van der Waals surface area contributed by atoms with Crippen molar-refractivity contribution in [3.8, 4) is 0 Å². The van der Waals surface area contributed by atoms with Crippen LogP contribution < -0.4 is 5.32 Å². The Morgan fingerprint density at radius 3 is 2.73 bits per heavy atom. The second-order valence-electron chi connectivity index (χ2n) is 3.17. The summed E-state index contributed by atoms with van der Waals surface area (Å²) in [5.74, 6) is -0.558. The molecule has 3 N–H and O–H groups in total. The average Bonchev–Trinajstić information content (AvgIpc) is 2.27. The third-order valence-electron chi connectivity index (χ3n) is 2.10. The molecule has 2 atom stereocenters. The van der Waals surface area contributed by atoms with Crippen molar-refractivity contribution in [3.63, 3.8) is 0 Å². The fourth-order valence-corrected chi connectivity index (χ4v) is 1.16. The molecule has 0 aliphatic rings. The molecule has 0 aliphatic heterocycles. The molecule has 5 heteroatoms. The van der Waals surface area contributed by atoms with Crippen molar-refractivity contribution in [3.05, 3.63) is 11.9 Å². The summed E-state index contributed by atoms with van der Waals surface area (Å²) in [4.78, 5) is 14.4. The number of allylic oxidation sites excluding steroid dienone is 1. The number of hydrogen-bond acceptors (Lipinski definition) is 5. The molecule has 0 bridgehead atoms. The molecule has 0 fully saturated rings. The molecule has 0 heterocycles. The topological polar surface area (TPSA) is 81.9 Å². The van der Waals surface area contributed by atoms with E-state index in [9.17, 15) is 9.90 Å². The minimum Gasteiger partial charge on any atom is -0.394 e. The van der Waals surface area contributed by atoms with Gasteiger partial charge in [0, 0.05) is 19.2 Å². The maximum atomic E-state index is 10.6. The normalized spacial score (nSPS) is 15.5. The summed E-state index contributed by atoms with van der Waals surface area (Å²) >= 11 is 0. The summed E-state index contributed by atoms with van der Waals surface area (Å²) in [6, 6.07) is 0. The van der Waals surface area contributed by atoms with Gasteiger partial charge in [-0.1, -0.05) is 0 Å². The molecular formula is C10H18N2O3. The zero-order chi connectivity index (χ0) is 11.7. The van der Waals surface area contributed by atoms with E-state index in [0.29, 0.717) is 19.1 Å². The second kappa shape index (κ2) is 8.14. The van der Waals surface area contributed by atoms with E-state index in [1.807, 2.05) is 0 Å². The summed E-state index contributed by atoms with van der Waals surface area (Å²) < 4.78 is 0. The van der Waals surface area contributed by atoms with Gasteiger partial charge in [-0.15, -0.1) is 0 Å². The van der Waals surface area contributed by atoms with Crippen LogP contribution >= 0.6 is 0 Å². The van der Waals surface area contributed by atoms with Gasteiger partial charge in [0.15, 0.2) is 0 Å². The van der Waals surface area contributed by atoms with Crippen LogP contribution in [0.1, 0.15) is 12.8 Å². The molecule has 5 nitrogen and oxygen atoms in total. The summed E-state index contributed by atoms with van der Waals surface area (Å²) in [7, 11) is 1.74. The van der Waals surface area contributed by atoms with Gasteiger partial charge in [0.25, 0.3) is 0 Å². The quantitative estimate of drug-likeness (QED) is 0.382. The van der Waals surface area contributed by atoms with Crippen LogP contribution in [0, 0.1) is 5.92 Å². The number of aliphatic hydroxyl groups excluding tert-OH is 2. The highest BCUT2D eigenvalue weighted by molar-refractivity contribution is 5.54. The third kappa shape index (κ3) is 5.29. The Labute approximate surface area is 89.5 Å². The van der Waals surface area contributed by atoms with Crippen LogP contribution in [-0.4, -0.2) is 43.0 Å². The predicted octanol–water partition coefficient (Wildman–Crippen LogP) is -0.304. The van der Waals surface area contributed by atoms with Gasteiger partial charge in [0.2, 0.25) is 0 Å². The van der Waals surface area contributed by atoms with Crippen molar-refractivity contribution in [2.75, 3.05) is 13.7 Å². The largest absolute Gasteiger partial charge is 0.394 e. The Hall–Kier alpha value is -1.20. The van der Waals surface area contributed by atoms with Crippen molar-refractivity contribution >= 4 is 13.0 Å². The SMILES string of the molecule is C=N/C(=C\NC)CCC(C=O)C(O)CO. The van der Waals surface area contributed by atoms with E-state index in [1.165, 1.54) is 0 Å². The predicted molar refractivity (Wildman–Crippen MR) is 58.6 cm³/mol. The van der Waals surface area contributed by atoms with Crippen LogP contribution in [-0.2, 0) is 4.79 Å². The molecule has 2 unspecified atom stereocenters. The Bertz CT molecular complexity index is 229. The van der Waals surface area contributed by atoms with Crippen LogP contribution in [0.5, 0.6) is 0 Å². The lowest BCUT2D eigenvalue weighted by molar-refractivity contribution is -0.115. The monoisotopic (exact) mass is 214 g/mol. The van der Waals surface area contributed by atoms with Crippen LogP contribution in [0.25, 0.3) is 0 Å². The zero-order valence-corrected chi connectivity index (χ0v) is 8.89. The maximum absolute atomic E-state index is 10.6. The van der Waals surface area contributed by atoms with Crippen LogP contribution in [0.3, 0.4) is 0 Å². The third-order valence-corrected chi connectivity index (χ3v) is 2.10. The highest BCUT2D eigenvalue weighted by Gasteiger charge is 2.17. The lowest BCUT2D eigenvalue weighted by Gasteiger charge is -2.14. The number of aliphatic imine (C=N–C) groups is 1.